The van der Waals surface area contributed by atoms with Gasteiger partial charge in [-0.1, -0.05) is 60.7 Å². The van der Waals surface area contributed by atoms with E-state index in [1.807, 2.05) is 0 Å². The highest BCUT2D eigenvalue weighted by atomic mass is 16.6. The highest BCUT2D eigenvalue weighted by Crippen LogP contribution is 2.31. The van der Waals surface area contributed by atoms with Gasteiger partial charge in [0.2, 0.25) is 0 Å². The Labute approximate surface area is 266 Å². The first-order chi connectivity index (χ1) is 22.3. The molecule has 0 aliphatic carbocycles. The molecule has 0 amide bonds. The van der Waals surface area contributed by atoms with E-state index in [4.69, 9.17) is 18.9 Å². The largest absolute Gasteiger partial charge is 0.493 e. The van der Waals surface area contributed by atoms with Crippen molar-refractivity contribution in [1.82, 2.24) is 0 Å². The van der Waals surface area contributed by atoms with E-state index in [0.29, 0.717) is 22.3 Å². The summed E-state index contributed by atoms with van der Waals surface area (Å²) < 4.78 is 21.6. The Kier molecular flexibility index (Phi) is 11.7. The second-order valence-electron chi connectivity index (χ2n) is 9.87. The van der Waals surface area contributed by atoms with Crippen molar-refractivity contribution in [3.63, 3.8) is 0 Å². The summed E-state index contributed by atoms with van der Waals surface area (Å²) in [6.45, 7) is -0.367. The first kappa shape index (κ1) is 33.1. The minimum Gasteiger partial charge on any atom is -0.493 e. The fourth-order valence-electron chi connectivity index (χ4n) is 4.35. The third-order valence-electron chi connectivity index (χ3n) is 6.78. The highest BCUT2D eigenvalue weighted by Gasteiger charge is 2.22. The molecule has 0 atom stereocenters. The molecule has 0 saturated heterocycles. The lowest BCUT2D eigenvalue weighted by molar-refractivity contribution is -0.128. The molecular weight excluding hydrogens is 588 g/mol. The Morgan fingerprint density at radius 2 is 1.02 bits per heavy atom. The molecule has 0 spiro atoms. The molecule has 46 heavy (non-hydrogen) atoms. The summed E-state index contributed by atoms with van der Waals surface area (Å²) in [4.78, 5) is 50.9. The second kappa shape index (κ2) is 16.3. The molecule has 0 aliphatic rings. The number of rotatable bonds is 14. The van der Waals surface area contributed by atoms with Gasteiger partial charge in [-0.25, -0.2) is 9.59 Å². The molecule has 1 N–H and O–H groups in total. The van der Waals surface area contributed by atoms with E-state index in [0.717, 1.165) is 0 Å². The number of aliphatic hydroxyl groups excluding tert-OH is 1. The number of methoxy groups -OCH3 is 2. The van der Waals surface area contributed by atoms with E-state index >= 15 is 0 Å². The Hall–Kier alpha value is -5.80. The number of ketones is 2. The van der Waals surface area contributed by atoms with Gasteiger partial charge in [0.15, 0.2) is 34.6 Å². The van der Waals surface area contributed by atoms with E-state index in [9.17, 15) is 24.3 Å². The van der Waals surface area contributed by atoms with E-state index < -0.39 is 29.4 Å². The Morgan fingerprint density at radius 1 is 0.609 bits per heavy atom. The van der Waals surface area contributed by atoms with Crippen LogP contribution in [0.15, 0.2) is 109 Å². The zero-order valence-electron chi connectivity index (χ0n) is 25.3. The Bertz CT molecular complexity index is 1610. The van der Waals surface area contributed by atoms with Crippen LogP contribution in [-0.4, -0.2) is 49.4 Å². The molecule has 9 nitrogen and oxygen atoms in total. The zero-order valence-corrected chi connectivity index (χ0v) is 25.3. The molecule has 234 valence electrons. The van der Waals surface area contributed by atoms with Gasteiger partial charge in [-0.3, -0.25) is 9.59 Å². The van der Waals surface area contributed by atoms with Crippen LogP contribution in [-0.2, 0) is 9.59 Å². The molecule has 0 bridgehead atoms. The maximum absolute atomic E-state index is 13.0. The second-order valence-corrected chi connectivity index (χ2v) is 9.87. The zero-order chi connectivity index (χ0) is 32.9. The Balaban J connectivity index is 1.42. The van der Waals surface area contributed by atoms with E-state index in [1.165, 1.54) is 38.5 Å². The molecule has 0 aliphatic heterocycles. The number of esters is 2. The summed E-state index contributed by atoms with van der Waals surface area (Å²) in [5, 5.41) is 9.54. The van der Waals surface area contributed by atoms with Crippen molar-refractivity contribution in [2.75, 3.05) is 20.8 Å². The monoisotopic (exact) mass is 620 g/mol. The van der Waals surface area contributed by atoms with Crippen LogP contribution in [0.1, 0.15) is 38.3 Å². The lowest BCUT2D eigenvalue weighted by Gasteiger charge is -2.11. The topological polar surface area (TPSA) is 125 Å². The molecule has 0 aromatic heterocycles. The van der Waals surface area contributed by atoms with Gasteiger partial charge in [-0.2, -0.15) is 0 Å². The quantitative estimate of drug-likeness (QED) is 0.0781. The minimum atomic E-state index is -1.11. The maximum Gasteiger partial charge on any atom is 0.343 e. The fourth-order valence-corrected chi connectivity index (χ4v) is 4.35. The average Bonchev–Trinajstić information content (AvgIpc) is 3.10. The predicted molar refractivity (Wildman–Crippen MR) is 172 cm³/mol. The summed E-state index contributed by atoms with van der Waals surface area (Å²) in [6, 6.07) is 26.6. The number of allylic oxidation sites excluding steroid dienone is 2. The van der Waals surface area contributed by atoms with Crippen LogP contribution in [0.5, 0.6) is 23.0 Å². The molecule has 4 rings (SSSR count). The lowest BCUT2D eigenvalue weighted by atomic mass is 9.94. The van der Waals surface area contributed by atoms with Crippen molar-refractivity contribution in [2.45, 2.75) is 6.42 Å². The molecule has 0 heterocycles. The number of aliphatic hydroxyl groups is 1. The van der Waals surface area contributed by atoms with Crippen molar-refractivity contribution in [2.24, 2.45) is 5.92 Å². The Morgan fingerprint density at radius 3 is 1.39 bits per heavy atom. The number of benzene rings is 4. The summed E-state index contributed by atoms with van der Waals surface area (Å²) in [7, 11) is 2.85. The average molecular weight is 621 g/mol. The van der Waals surface area contributed by atoms with Gasteiger partial charge in [-0.15, -0.1) is 0 Å². The van der Waals surface area contributed by atoms with Gasteiger partial charge in [-0.05, 0) is 78.2 Å². The van der Waals surface area contributed by atoms with Crippen LogP contribution in [0.3, 0.4) is 0 Å². The SMILES string of the molecule is COc1cc(/C=C/C(=O)C(CCO)C(=O)/C=C/c2ccc(OC(=O)c3ccccc3)c(OC)c2)ccc1OC(=O)c1ccccc1. The smallest absolute Gasteiger partial charge is 0.343 e. The van der Waals surface area contributed by atoms with Crippen molar-refractivity contribution < 1.29 is 43.2 Å². The summed E-state index contributed by atoms with van der Waals surface area (Å²) >= 11 is 0. The predicted octanol–water partition coefficient (Wildman–Crippen LogP) is 6.01. The highest BCUT2D eigenvalue weighted by molar-refractivity contribution is 6.13. The lowest BCUT2D eigenvalue weighted by Crippen LogP contribution is -2.22. The van der Waals surface area contributed by atoms with E-state index in [1.54, 1.807) is 97.1 Å². The van der Waals surface area contributed by atoms with Crippen LogP contribution >= 0.6 is 0 Å². The summed E-state index contributed by atoms with van der Waals surface area (Å²) in [6.07, 6.45) is 5.47. The minimum absolute atomic E-state index is 0.0677. The number of hydrogen-bond acceptors (Lipinski definition) is 9. The number of ether oxygens (including phenoxy) is 4. The van der Waals surface area contributed by atoms with Gasteiger partial charge in [0.1, 0.15) is 0 Å². The molecule has 0 saturated carbocycles. The first-order valence-corrected chi connectivity index (χ1v) is 14.3. The summed E-state index contributed by atoms with van der Waals surface area (Å²) in [5.41, 5.74) is 1.90. The molecule has 9 heteroatoms. The van der Waals surface area contributed by atoms with E-state index in [2.05, 4.69) is 0 Å². The number of hydrogen-bond donors (Lipinski definition) is 1. The molecule has 0 fully saturated rings. The molecule has 4 aromatic rings. The fraction of sp³-hybridized carbons (Fsp3) is 0.135. The van der Waals surface area contributed by atoms with Gasteiger partial charge in [0.25, 0.3) is 0 Å². The van der Waals surface area contributed by atoms with Crippen LogP contribution in [0.4, 0.5) is 0 Å². The first-order valence-electron chi connectivity index (χ1n) is 14.3. The van der Waals surface area contributed by atoms with Crippen LogP contribution in [0.25, 0.3) is 12.2 Å². The molecule has 0 unspecified atom stereocenters. The van der Waals surface area contributed by atoms with Crippen molar-refractivity contribution in [3.8, 4) is 23.0 Å². The third kappa shape index (κ3) is 8.87. The van der Waals surface area contributed by atoms with Crippen molar-refractivity contribution in [3.05, 3.63) is 131 Å². The van der Waals surface area contributed by atoms with Crippen LogP contribution in [0.2, 0.25) is 0 Å². The van der Waals surface area contributed by atoms with Gasteiger partial charge < -0.3 is 24.1 Å². The van der Waals surface area contributed by atoms with Crippen LogP contribution in [0, 0.1) is 5.92 Å². The number of carbonyl (C=O) groups excluding carboxylic acids is 4. The van der Waals surface area contributed by atoms with Gasteiger partial charge >= 0.3 is 11.9 Å². The van der Waals surface area contributed by atoms with Crippen molar-refractivity contribution >= 4 is 35.7 Å². The van der Waals surface area contributed by atoms with E-state index in [-0.39, 0.29) is 36.0 Å². The maximum atomic E-state index is 13.0. The van der Waals surface area contributed by atoms with Crippen LogP contribution < -0.4 is 18.9 Å². The third-order valence-corrected chi connectivity index (χ3v) is 6.78. The summed E-state index contributed by atoms with van der Waals surface area (Å²) in [5.74, 6) is -2.23. The van der Waals surface area contributed by atoms with Gasteiger partial charge in [0.05, 0.1) is 31.3 Å². The van der Waals surface area contributed by atoms with Gasteiger partial charge in [0, 0.05) is 6.61 Å². The van der Waals surface area contributed by atoms with Crippen molar-refractivity contribution in [1.29, 1.82) is 0 Å². The molecular formula is C37H32O9. The normalized spacial score (nSPS) is 11.0. The molecule has 0 radical (unpaired) electrons. The molecule has 4 aromatic carbocycles. The number of carbonyl (C=O) groups is 4. The standard InChI is InChI=1S/C37H32O9/c1-43-34-23-25(15-19-32(34)45-36(41)27-9-5-3-6-10-27)13-17-30(39)29(21-22-38)31(40)18-14-26-16-20-33(35(24-26)44-2)46-37(42)28-11-7-4-8-12-28/h3-20,23-24,29,38H,21-22H2,1-2H3/b17-13+,18-14+.